The van der Waals surface area contributed by atoms with E-state index in [9.17, 15) is 26.4 Å². The monoisotopic (exact) mass is 416 g/mol. The summed E-state index contributed by atoms with van der Waals surface area (Å²) in [6.45, 7) is 1.28. The lowest BCUT2D eigenvalue weighted by atomic mass is 10.1. The molecule has 2 aromatic rings. The Balaban J connectivity index is 2.06. The third-order valence-corrected chi connectivity index (χ3v) is 5.24. The summed E-state index contributed by atoms with van der Waals surface area (Å²) in [7, 11) is -2.50. The number of hydrogen-bond acceptors (Lipinski definition) is 4. The number of anilines is 1. The van der Waals surface area contributed by atoms with Crippen LogP contribution in [0.3, 0.4) is 0 Å². The zero-order chi connectivity index (χ0) is 20.9. The minimum Gasteiger partial charge on any atom is -0.495 e. The first-order valence-electron chi connectivity index (χ1n) is 8.14. The Morgan fingerprint density at radius 2 is 1.75 bits per heavy atom. The zero-order valence-corrected chi connectivity index (χ0v) is 15.9. The second kappa shape index (κ2) is 8.61. The maximum Gasteiger partial charge on any atom is 0.416 e. The van der Waals surface area contributed by atoms with Crippen molar-refractivity contribution in [2.45, 2.75) is 24.4 Å². The van der Waals surface area contributed by atoms with E-state index >= 15 is 0 Å². The second-order valence-corrected chi connectivity index (χ2v) is 7.65. The van der Waals surface area contributed by atoms with Crippen LogP contribution in [0, 0.1) is 0 Å². The fraction of sp³-hybridized carbons (Fsp3) is 0.278. The molecule has 28 heavy (non-hydrogen) atoms. The molecule has 2 aromatic carbocycles. The first-order chi connectivity index (χ1) is 13.0. The first-order valence-corrected chi connectivity index (χ1v) is 9.62. The van der Waals surface area contributed by atoms with Gasteiger partial charge in [-0.3, -0.25) is 4.79 Å². The van der Waals surface area contributed by atoms with Gasteiger partial charge in [-0.15, -0.1) is 0 Å². The molecule has 0 heterocycles. The van der Waals surface area contributed by atoms with E-state index in [-0.39, 0.29) is 29.5 Å². The number of sulfonamides is 1. The highest BCUT2D eigenvalue weighted by molar-refractivity contribution is 7.89. The highest BCUT2D eigenvalue weighted by Gasteiger charge is 2.29. The average Bonchev–Trinajstić information content (AvgIpc) is 2.60. The van der Waals surface area contributed by atoms with Gasteiger partial charge in [-0.05, 0) is 42.3 Å². The summed E-state index contributed by atoms with van der Waals surface area (Å²) in [4.78, 5) is 11.2. The second-order valence-electron chi connectivity index (χ2n) is 5.89. The molecule has 0 aliphatic heterocycles. The number of alkyl halides is 3. The highest BCUT2D eigenvalue weighted by Crippen LogP contribution is 2.29. The number of benzene rings is 2. The van der Waals surface area contributed by atoms with E-state index in [2.05, 4.69) is 10.0 Å². The molecule has 2 N–H and O–H groups in total. The lowest BCUT2D eigenvalue weighted by molar-refractivity contribution is -0.137. The van der Waals surface area contributed by atoms with Crippen LogP contribution in [0.4, 0.5) is 18.9 Å². The molecule has 2 rings (SSSR count). The van der Waals surface area contributed by atoms with Crippen molar-refractivity contribution in [1.82, 2.24) is 4.72 Å². The molecule has 0 atom stereocenters. The van der Waals surface area contributed by atoms with E-state index in [1.54, 1.807) is 0 Å². The molecular formula is C18H19F3N2O4S. The molecule has 0 aliphatic carbocycles. The summed E-state index contributed by atoms with van der Waals surface area (Å²) < 4.78 is 70.0. The van der Waals surface area contributed by atoms with Crippen molar-refractivity contribution in [3.8, 4) is 5.75 Å². The lowest BCUT2D eigenvalue weighted by Gasteiger charge is -2.12. The molecular weight excluding hydrogens is 397 g/mol. The van der Waals surface area contributed by atoms with Gasteiger partial charge in [0.05, 0.1) is 23.3 Å². The van der Waals surface area contributed by atoms with E-state index in [1.807, 2.05) is 0 Å². The van der Waals surface area contributed by atoms with Gasteiger partial charge in [0, 0.05) is 13.5 Å². The Morgan fingerprint density at radius 1 is 1.11 bits per heavy atom. The van der Waals surface area contributed by atoms with Crippen LogP contribution >= 0.6 is 0 Å². The van der Waals surface area contributed by atoms with Crippen molar-refractivity contribution >= 4 is 21.6 Å². The topological polar surface area (TPSA) is 84.5 Å². The van der Waals surface area contributed by atoms with Crippen molar-refractivity contribution in [1.29, 1.82) is 0 Å². The Morgan fingerprint density at radius 3 is 2.29 bits per heavy atom. The molecule has 0 fully saturated rings. The lowest BCUT2D eigenvalue weighted by Crippen LogP contribution is -2.26. The standard InChI is InChI=1S/C18H19F3N2O4S/c1-12(24)23-16-11-15(7-8-17(16)27-2)28(25,26)22-10-9-13-3-5-14(6-4-13)18(19,20)21/h3-8,11,22H,9-10H2,1-2H3,(H,23,24). The van der Waals surface area contributed by atoms with E-state index in [0.29, 0.717) is 11.3 Å². The van der Waals surface area contributed by atoms with Crippen molar-refractivity contribution < 1.29 is 31.1 Å². The summed E-state index contributed by atoms with van der Waals surface area (Å²) in [6.07, 6.45) is -4.20. The normalized spacial score (nSPS) is 11.9. The van der Waals surface area contributed by atoms with Crippen LogP contribution in [0.1, 0.15) is 18.1 Å². The van der Waals surface area contributed by atoms with Gasteiger partial charge >= 0.3 is 6.18 Å². The minimum absolute atomic E-state index is 0.00476. The Hall–Kier alpha value is -2.59. The molecule has 0 radical (unpaired) electrons. The van der Waals surface area contributed by atoms with Crippen LogP contribution in [-0.4, -0.2) is 28.0 Å². The zero-order valence-electron chi connectivity index (χ0n) is 15.1. The first kappa shape index (κ1) is 21.7. The average molecular weight is 416 g/mol. The van der Waals surface area contributed by atoms with Crippen molar-refractivity contribution in [2.75, 3.05) is 19.0 Å². The number of carbonyl (C=O) groups excluding carboxylic acids is 1. The number of rotatable bonds is 7. The molecule has 0 aliphatic rings. The highest BCUT2D eigenvalue weighted by atomic mass is 32.2. The molecule has 10 heteroatoms. The number of hydrogen-bond donors (Lipinski definition) is 2. The molecule has 0 bridgehead atoms. The SMILES string of the molecule is COc1ccc(S(=O)(=O)NCCc2ccc(C(F)(F)F)cc2)cc1NC(C)=O. The molecule has 6 nitrogen and oxygen atoms in total. The summed E-state index contributed by atoms with van der Waals surface area (Å²) in [5, 5.41) is 2.49. The van der Waals surface area contributed by atoms with Crippen LogP contribution in [0.25, 0.3) is 0 Å². The van der Waals surface area contributed by atoms with E-state index in [0.717, 1.165) is 12.1 Å². The van der Waals surface area contributed by atoms with Gasteiger partial charge in [0.1, 0.15) is 5.75 Å². The smallest absolute Gasteiger partial charge is 0.416 e. The maximum atomic E-state index is 12.6. The van der Waals surface area contributed by atoms with Crippen molar-refractivity contribution in [3.05, 3.63) is 53.6 Å². The van der Waals surface area contributed by atoms with E-state index in [4.69, 9.17) is 4.74 Å². The third-order valence-electron chi connectivity index (χ3n) is 3.78. The van der Waals surface area contributed by atoms with Gasteiger partial charge in [0.15, 0.2) is 0 Å². The number of halogens is 3. The number of nitrogens with one attached hydrogen (secondary N) is 2. The molecule has 152 valence electrons. The van der Waals surface area contributed by atoms with Gasteiger partial charge in [-0.25, -0.2) is 13.1 Å². The Bertz CT molecular complexity index is 942. The van der Waals surface area contributed by atoms with Crippen LogP contribution < -0.4 is 14.8 Å². The predicted octanol–water partition coefficient (Wildman–Crippen LogP) is 3.19. The summed E-state index contributed by atoms with van der Waals surface area (Å²) in [6, 6.07) is 8.51. The van der Waals surface area contributed by atoms with Gasteiger partial charge in [0.2, 0.25) is 15.9 Å². The molecule has 0 saturated heterocycles. The predicted molar refractivity (Wildman–Crippen MR) is 97.6 cm³/mol. The van der Waals surface area contributed by atoms with E-state index < -0.39 is 21.8 Å². The van der Waals surface area contributed by atoms with Gasteiger partial charge in [-0.2, -0.15) is 13.2 Å². The minimum atomic E-state index is -4.42. The summed E-state index contributed by atoms with van der Waals surface area (Å²) >= 11 is 0. The van der Waals surface area contributed by atoms with Crippen LogP contribution in [0.2, 0.25) is 0 Å². The maximum absolute atomic E-state index is 12.6. The summed E-state index contributed by atoms with van der Waals surface area (Å²) in [5.74, 6) is -0.0815. The fourth-order valence-corrected chi connectivity index (χ4v) is 3.47. The largest absolute Gasteiger partial charge is 0.495 e. The van der Waals surface area contributed by atoms with Crippen LogP contribution in [0.5, 0.6) is 5.75 Å². The Labute approximate surface area is 160 Å². The van der Waals surface area contributed by atoms with E-state index in [1.165, 1.54) is 44.4 Å². The number of ether oxygens (including phenoxy) is 1. The third kappa shape index (κ3) is 5.70. The Kier molecular flexibility index (Phi) is 6.68. The molecule has 1 amide bonds. The van der Waals surface area contributed by atoms with Crippen LogP contribution in [-0.2, 0) is 27.4 Å². The van der Waals surface area contributed by atoms with Crippen molar-refractivity contribution in [3.63, 3.8) is 0 Å². The number of carbonyl (C=O) groups is 1. The fourth-order valence-electron chi connectivity index (χ4n) is 2.42. The molecule has 0 spiro atoms. The summed E-state index contributed by atoms with van der Waals surface area (Å²) in [5.41, 5.74) is 0.00513. The molecule has 0 aromatic heterocycles. The quantitative estimate of drug-likeness (QED) is 0.726. The van der Waals surface area contributed by atoms with Gasteiger partial charge in [0.25, 0.3) is 0 Å². The number of methoxy groups -OCH3 is 1. The molecule has 0 unspecified atom stereocenters. The number of amides is 1. The van der Waals surface area contributed by atoms with Gasteiger partial charge < -0.3 is 10.1 Å². The van der Waals surface area contributed by atoms with Crippen LogP contribution in [0.15, 0.2) is 47.4 Å². The van der Waals surface area contributed by atoms with Crippen molar-refractivity contribution in [2.24, 2.45) is 0 Å². The van der Waals surface area contributed by atoms with Gasteiger partial charge in [-0.1, -0.05) is 12.1 Å². The molecule has 0 saturated carbocycles.